The Morgan fingerprint density at radius 3 is 3.00 bits per heavy atom. The second-order valence-corrected chi connectivity index (χ2v) is 9.16. The summed E-state index contributed by atoms with van der Waals surface area (Å²) in [6.45, 7) is 6.28. The zero-order valence-corrected chi connectivity index (χ0v) is 19.0. The molecule has 1 saturated heterocycles. The third-order valence-electron chi connectivity index (χ3n) is 5.15. The summed E-state index contributed by atoms with van der Waals surface area (Å²) >= 11 is 5.16. The molecule has 0 radical (unpaired) electrons. The predicted molar refractivity (Wildman–Crippen MR) is 123 cm³/mol. The number of fused-ring (bicyclic) bond motifs is 1. The molecular weight excluding hydrogens is 450 g/mol. The molecule has 2 heterocycles. The highest BCUT2D eigenvalue weighted by atomic mass is 79.9. The summed E-state index contributed by atoms with van der Waals surface area (Å²) in [5.74, 6) is 0.908. The van der Waals surface area contributed by atoms with Crippen LogP contribution in [0.4, 0.5) is 10.8 Å². The van der Waals surface area contributed by atoms with Crippen molar-refractivity contribution in [3.63, 3.8) is 0 Å². The van der Waals surface area contributed by atoms with Crippen LogP contribution < -0.4 is 15.0 Å². The van der Waals surface area contributed by atoms with E-state index in [1.54, 1.807) is 11.3 Å². The number of halogens is 1. The van der Waals surface area contributed by atoms with Crippen LogP contribution in [0.2, 0.25) is 0 Å². The zero-order valence-electron chi connectivity index (χ0n) is 16.6. The van der Waals surface area contributed by atoms with Crippen molar-refractivity contribution >= 4 is 54.2 Å². The summed E-state index contributed by atoms with van der Waals surface area (Å²) in [6, 6.07) is 11.9. The Labute approximate surface area is 183 Å². The first-order valence-electron chi connectivity index (χ1n) is 9.89. The zero-order chi connectivity index (χ0) is 20.4. The molecule has 1 aliphatic heterocycles. The normalized spacial score (nSPS) is 16.8. The lowest BCUT2D eigenvalue weighted by Crippen LogP contribution is -2.40. The number of nitrogens with one attached hydrogen (secondary N) is 1. The van der Waals surface area contributed by atoms with Crippen LogP contribution in [0.5, 0.6) is 5.75 Å². The SMILES string of the molecule is CCOc1ccc2nc(N3CCC[C@@H](C(=O)Nc4ccc(Br)c(C)c4)C3)sc2c1. The van der Waals surface area contributed by atoms with E-state index < -0.39 is 0 Å². The molecule has 5 nitrogen and oxygen atoms in total. The van der Waals surface area contributed by atoms with E-state index in [1.807, 2.05) is 50.2 Å². The van der Waals surface area contributed by atoms with Gasteiger partial charge in [0.1, 0.15) is 5.75 Å². The first-order valence-corrected chi connectivity index (χ1v) is 11.5. The fraction of sp³-hybridized carbons (Fsp3) is 0.364. The monoisotopic (exact) mass is 473 g/mol. The molecule has 1 aliphatic rings. The average Bonchev–Trinajstić information content (AvgIpc) is 3.15. The Balaban J connectivity index is 1.46. The van der Waals surface area contributed by atoms with Crippen LogP contribution in [0, 0.1) is 12.8 Å². The number of carbonyl (C=O) groups is 1. The maximum absolute atomic E-state index is 12.8. The van der Waals surface area contributed by atoms with E-state index in [0.717, 1.165) is 56.2 Å². The first kappa shape index (κ1) is 20.2. The maximum Gasteiger partial charge on any atom is 0.229 e. The molecular formula is C22H24BrN3O2S. The van der Waals surface area contributed by atoms with Crippen molar-refractivity contribution in [2.75, 3.05) is 29.9 Å². The molecule has 7 heteroatoms. The standard InChI is InChI=1S/C22H24BrN3O2S/c1-3-28-17-7-9-19-20(12-17)29-22(25-19)26-10-4-5-15(13-26)21(27)24-16-6-8-18(23)14(2)11-16/h6-9,11-12,15H,3-5,10,13H2,1-2H3,(H,24,27)/t15-/m1/s1. The lowest BCUT2D eigenvalue weighted by Gasteiger charge is -2.31. The number of nitrogens with zero attached hydrogens (tertiary/aromatic N) is 2. The quantitative estimate of drug-likeness (QED) is 0.522. The summed E-state index contributed by atoms with van der Waals surface area (Å²) < 4.78 is 7.76. The Bertz CT molecular complexity index is 1040. The molecule has 0 bridgehead atoms. The Hall–Kier alpha value is -2.12. The van der Waals surface area contributed by atoms with Gasteiger partial charge in [-0.05, 0) is 68.7 Å². The molecule has 3 aromatic rings. The topological polar surface area (TPSA) is 54.5 Å². The van der Waals surface area contributed by atoms with Crippen LogP contribution in [-0.4, -0.2) is 30.6 Å². The highest BCUT2D eigenvalue weighted by molar-refractivity contribution is 9.10. The van der Waals surface area contributed by atoms with E-state index in [9.17, 15) is 4.79 Å². The van der Waals surface area contributed by atoms with Crippen molar-refractivity contribution in [3.8, 4) is 5.75 Å². The predicted octanol–water partition coefficient (Wildman–Crippen LogP) is 5.62. The molecule has 0 saturated carbocycles. The van der Waals surface area contributed by atoms with Gasteiger partial charge < -0.3 is 15.0 Å². The van der Waals surface area contributed by atoms with Gasteiger partial charge in [0.05, 0.1) is 22.7 Å². The van der Waals surface area contributed by atoms with Crippen LogP contribution in [0.15, 0.2) is 40.9 Å². The van der Waals surface area contributed by atoms with Gasteiger partial charge in [0, 0.05) is 23.2 Å². The Morgan fingerprint density at radius 2 is 2.21 bits per heavy atom. The molecule has 0 spiro atoms. The molecule has 1 aromatic heterocycles. The number of ether oxygens (including phenoxy) is 1. The number of carbonyl (C=O) groups excluding carboxylic acids is 1. The van der Waals surface area contributed by atoms with Crippen LogP contribution in [-0.2, 0) is 4.79 Å². The van der Waals surface area contributed by atoms with E-state index in [4.69, 9.17) is 9.72 Å². The van der Waals surface area contributed by atoms with Crippen LogP contribution in [0.3, 0.4) is 0 Å². The number of aromatic nitrogens is 1. The van der Waals surface area contributed by atoms with Gasteiger partial charge in [-0.15, -0.1) is 0 Å². The van der Waals surface area contributed by atoms with Crippen molar-refractivity contribution in [1.29, 1.82) is 0 Å². The van der Waals surface area contributed by atoms with Gasteiger partial charge in [-0.2, -0.15) is 0 Å². The smallest absolute Gasteiger partial charge is 0.229 e. The molecule has 1 N–H and O–H groups in total. The van der Waals surface area contributed by atoms with Gasteiger partial charge in [0.25, 0.3) is 0 Å². The number of benzene rings is 2. The molecule has 1 fully saturated rings. The fourth-order valence-electron chi connectivity index (χ4n) is 3.62. The third-order valence-corrected chi connectivity index (χ3v) is 7.12. The highest BCUT2D eigenvalue weighted by Gasteiger charge is 2.27. The fourth-order valence-corrected chi connectivity index (χ4v) is 4.89. The van der Waals surface area contributed by atoms with Gasteiger partial charge in [-0.1, -0.05) is 27.3 Å². The minimum atomic E-state index is -0.0429. The van der Waals surface area contributed by atoms with Crippen molar-refractivity contribution in [2.45, 2.75) is 26.7 Å². The Morgan fingerprint density at radius 1 is 1.34 bits per heavy atom. The third kappa shape index (κ3) is 4.56. The largest absolute Gasteiger partial charge is 0.494 e. The van der Waals surface area contributed by atoms with Crippen molar-refractivity contribution in [2.24, 2.45) is 5.92 Å². The Kier molecular flexibility index (Phi) is 6.06. The number of amides is 1. The van der Waals surface area contributed by atoms with Gasteiger partial charge in [-0.25, -0.2) is 4.98 Å². The number of aryl methyl sites for hydroxylation is 1. The van der Waals surface area contributed by atoms with Gasteiger partial charge in [0.15, 0.2) is 5.13 Å². The van der Waals surface area contributed by atoms with Crippen molar-refractivity contribution in [1.82, 2.24) is 4.98 Å². The van der Waals surface area contributed by atoms with E-state index in [-0.39, 0.29) is 11.8 Å². The number of piperidine rings is 1. The lowest BCUT2D eigenvalue weighted by molar-refractivity contribution is -0.120. The second kappa shape index (κ2) is 8.71. The molecule has 1 atom stereocenters. The van der Waals surface area contributed by atoms with Crippen molar-refractivity contribution < 1.29 is 9.53 Å². The highest BCUT2D eigenvalue weighted by Crippen LogP contribution is 2.34. The molecule has 1 amide bonds. The van der Waals surface area contributed by atoms with Gasteiger partial charge in [0.2, 0.25) is 5.91 Å². The minimum absolute atomic E-state index is 0.0429. The van der Waals surface area contributed by atoms with E-state index in [0.29, 0.717) is 13.2 Å². The lowest BCUT2D eigenvalue weighted by atomic mass is 9.97. The van der Waals surface area contributed by atoms with Crippen LogP contribution >= 0.6 is 27.3 Å². The number of hydrogen-bond acceptors (Lipinski definition) is 5. The number of thiazole rings is 1. The summed E-state index contributed by atoms with van der Waals surface area (Å²) in [6.07, 6.45) is 1.88. The molecule has 2 aromatic carbocycles. The second-order valence-electron chi connectivity index (χ2n) is 7.30. The molecule has 0 aliphatic carbocycles. The van der Waals surface area contributed by atoms with Gasteiger partial charge in [-0.3, -0.25) is 4.79 Å². The maximum atomic E-state index is 12.8. The van der Waals surface area contributed by atoms with Crippen LogP contribution in [0.1, 0.15) is 25.3 Å². The molecule has 29 heavy (non-hydrogen) atoms. The summed E-state index contributed by atoms with van der Waals surface area (Å²) in [4.78, 5) is 19.9. The summed E-state index contributed by atoms with van der Waals surface area (Å²) in [7, 11) is 0. The number of hydrogen-bond donors (Lipinski definition) is 1. The van der Waals surface area contributed by atoms with E-state index in [1.165, 1.54) is 0 Å². The molecule has 4 rings (SSSR count). The van der Waals surface area contributed by atoms with Gasteiger partial charge >= 0.3 is 0 Å². The van der Waals surface area contributed by atoms with Crippen LogP contribution in [0.25, 0.3) is 10.2 Å². The van der Waals surface area contributed by atoms with Crippen molar-refractivity contribution in [3.05, 3.63) is 46.4 Å². The molecule has 152 valence electrons. The van der Waals surface area contributed by atoms with E-state index >= 15 is 0 Å². The minimum Gasteiger partial charge on any atom is -0.494 e. The average molecular weight is 474 g/mol. The summed E-state index contributed by atoms with van der Waals surface area (Å²) in [5.41, 5.74) is 2.93. The molecule has 0 unspecified atom stereocenters. The summed E-state index contributed by atoms with van der Waals surface area (Å²) in [5, 5.41) is 4.06. The van der Waals surface area contributed by atoms with E-state index in [2.05, 4.69) is 26.1 Å². The number of rotatable bonds is 5. The first-order chi connectivity index (χ1) is 14.0. The number of anilines is 2.